The maximum absolute atomic E-state index is 13.0. The fraction of sp³-hybridized carbons (Fsp3) is 0.250. The highest BCUT2D eigenvalue weighted by Crippen LogP contribution is 2.41. The van der Waals surface area contributed by atoms with E-state index < -0.39 is 55.2 Å². The predicted molar refractivity (Wildman–Crippen MR) is 120 cm³/mol. The molecule has 0 saturated heterocycles. The number of aliphatic hydroxyl groups is 1. The molecule has 35 heavy (non-hydrogen) atoms. The number of aromatic amines is 1. The van der Waals surface area contributed by atoms with Crippen LogP contribution in [-0.2, 0) is 9.84 Å². The molecule has 0 bridgehead atoms. The number of phenolic OH excluding ortho intramolecular Hbond substituents is 1. The van der Waals surface area contributed by atoms with Gasteiger partial charge in [-0.25, -0.2) is 22.0 Å². The first-order chi connectivity index (χ1) is 16.4. The zero-order valence-corrected chi connectivity index (χ0v) is 19.6. The largest absolute Gasteiger partial charge is 0.507 e. The number of rotatable bonds is 6. The van der Waals surface area contributed by atoms with Crippen LogP contribution in [0, 0.1) is 0 Å². The molecule has 0 atom stereocenters. The van der Waals surface area contributed by atoms with Crippen molar-refractivity contribution in [2.24, 2.45) is 0 Å². The van der Waals surface area contributed by atoms with Gasteiger partial charge in [0.25, 0.3) is 12.0 Å². The lowest BCUT2D eigenvalue weighted by molar-refractivity contribution is 0.0976. The summed E-state index contributed by atoms with van der Waals surface area (Å²) in [5, 5.41) is 21.6. The van der Waals surface area contributed by atoms with E-state index in [1.807, 2.05) is 0 Å². The molecule has 0 amide bonds. The molecule has 1 heterocycles. The minimum absolute atomic E-state index is 0.0391. The Labute approximate surface area is 205 Å². The molecule has 0 spiro atoms. The number of phenols is 1. The molecule has 3 aromatic rings. The molecule has 1 aliphatic carbocycles. The number of hydrogen-bond acceptors (Lipinski definition) is 8. The summed E-state index contributed by atoms with van der Waals surface area (Å²) >= 11 is 12.4. The minimum atomic E-state index is -3.96. The van der Waals surface area contributed by atoms with Gasteiger partial charge in [-0.15, -0.1) is 0 Å². The number of aromatic hydroxyl groups is 1. The normalized spacial score (nSPS) is 17.9. The maximum Gasteiger partial charge on any atom is 0.349 e. The summed E-state index contributed by atoms with van der Waals surface area (Å²) < 4.78 is 57.6. The van der Waals surface area contributed by atoms with Crippen molar-refractivity contribution in [1.82, 2.24) is 14.8 Å². The van der Waals surface area contributed by atoms with Gasteiger partial charge in [-0.3, -0.25) is 9.78 Å². The molecule has 1 saturated carbocycles. The Bertz CT molecular complexity index is 1510. The van der Waals surface area contributed by atoms with E-state index in [0.29, 0.717) is 4.68 Å². The van der Waals surface area contributed by atoms with E-state index in [4.69, 9.17) is 27.9 Å². The molecule has 1 fully saturated rings. The van der Waals surface area contributed by atoms with Gasteiger partial charge in [-0.1, -0.05) is 23.2 Å². The molecular weight excluding hydrogens is 535 g/mol. The highest BCUT2D eigenvalue weighted by atomic mass is 35.5. The highest BCUT2D eigenvalue weighted by molar-refractivity contribution is 7.92. The number of ether oxygens (including phenoxy) is 1. The van der Waals surface area contributed by atoms with Crippen molar-refractivity contribution in [1.29, 1.82) is 0 Å². The van der Waals surface area contributed by atoms with Gasteiger partial charge in [0.15, 0.2) is 21.3 Å². The SMILES string of the molecule is O=c1[nH]c(=O)n(-c2cc(Cl)c(Oc3ccc(O)c(S(=O)(=O)[C@H]4C[C@@H](O)C4)c3)c(Cl)c2)nc1C(F)F. The van der Waals surface area contributed by atoms with Gasteiger partial charge >= 0.3 is 5.69 Å². The van der Waals surface area contributed by atoms with Gasteiger partial charge < -0.3 is 14.9 Å². The van der Waals surface area contributed by atoms with Crippen LogP contribution in [0.3, 0.4) is 0 Å². The average Bonchev–Trinajstić information content (AvgIpc) is 2.74. The number of alkyl halides is 2. The topological polar surface area (TPSA) is 152 Å². The first kappa shape index (κ1) is 25.1. The van der Waals surface area contributed by atoms with Crippen LogP contribution in [-0.4, -0.2) is 44.7 Å². The third kappa shape index (κ3) is 4.76. The van der Waals surface area contributed by atoms with E-state index >= 15 is 0 Å². The molecule has 3 N–H and O–H groups in total. The van der Waals surface area contributed by atoms with Crippen LogP contribution in [0.1, 0.15) is 25.0 Å². The number of H-pyrrole nitrogens is 1. The van der Waals surface area contributed by atoms with Crippen LogP contribution < -0.4 is 16.0 Å². The van der Waals surface area contributed by atoms with Crippen LogP contribution in [0.2, 0.25) is 10.0 Å². The molecule has 186 valence electrons. The van der Waals surface area contributed by atoms with E-state index in [9.17, 15) is 37.0 Å². The number of nitrogens with one attached hydrogen (secondary N) is 1. The smallest absolute Gasteiger partial charge is 0.349 e. The molecule has 1 aromatic heterocycles. The molecule has 2 aromatic carbocycles. The molecule has 0 unspecified atom stereocenters. The zero-order valence-electron chi connectivity index (χ0n) is 17.3. The second-order valence-electron chi connectivity index (χ2n) is 7.62. The number of halogens is 4. The van der Waals surface area contributed by atoms with Gasteiger partial charge in [0.1, 0.15) is 16.4 Å². The van der Waals surface area contributed by atoms with E-state index in [-0.39, 0.29) is 40.1 Å². The van der Waals surface area contributed by atoms with E-state index in [2.05, 4.69) is 5.10 Å². The summed E-state index contributed by atoms with van der Waals surface area (Å²) in [6, 6.07) is 5.65. The van der Waals surface area contributed by atoms with Crippen LogP contribution in [0.25, 0.3) is 5.69 Å². The van der Waals surface area contributed by atoms with Gasteiger partial charge in [-0.05, 0) is 37.1 Å². The van der Waals surface area contributed by atoms with Crippen molar-refractivity contribution >= 4 is 33.0 Å². The number of benzene rings is 2. The Morgan fingerprint density at radius 1 is 1.14 bits per heavy atom. The second kappa shape index (κ2) is 9.22. The Morgan fingerprint density at radius 3 is 2.34 bits per heavy atom. The van der Waals surface area contributed by atoms with E-state index in [0.717, 1.165) is 24.3 Å². The summed E-state index contributed by atoms with van der Waals surface area (Å²) in [5.41, 5.74) is -3.80. The molecule has 0 radical (unpaired) electrons. The lowest BCUT2D eigenvalue weighted by Gasteiger charge is -2.31. The quantitative estimate of drug-likeness (QED) is 0.424. The minimum Gasteiger partial charge on any atom is -0.507 e. The third-order valence-electron chi connectivity index (χ3n) is 5.25. The lowest BCUT2D eigenvalue weighted by Crippen LogP contribution is -2.39. The van der Waals surface area contributed by atoms with Gasteiger partial charge in [0, 0.05) is 6.07 Å². The molecule has 4 rings (SSSR count). The molecule has 1 aliphatic rings. The summed E-state index contributed by atoms with van der Waals surface area (Å²) in [5.74, 6) is -0.738. The van der Waals surface area contributed by atoms with Crippen molar-refractivity contribution in [2.75, 3.05) is 0 Å². The Hall–Kier alpha value is -3.00. The second-order valence-corrected chi connectivity index (χ2v) is 10.6. The van der Waals surface area contributed by atoms with Crippen molar-refractivity contribution in [3.05, 3.63) is 66.9 Å². The lowest BCUT2D eigenvalue weighted by atomic mass is 9.96. The molecule has 0 aliphatic heterocycles. The fourth-order valence-electron chi connectivity index (χ4n) is 3.37. The zero-order chi connectivity index (χ0) is 25.7. The maximum atomic E-state index is 13.0. The van der Waals surface area contributed by atoms with E-state index in [1.54, 1.807) is 4.98 Å². The summed E-state index contributed by atoms with van der Waals surface area (Å²) in [6.45, 7) is 0. The van der Waals surface area contributed by atoms with Gasteiger partial charge in [0.05, 0.1) is 27.1 Å². The number of hydrogen-bond donors (Lipinski definition) is 3. The van der Waals surface area contributed by atoms with Crippen LogP contribution in [0.5, 0.6) is 17.2 Å². The number of sulfone groups is 1. The molecular formula is C20H15Cl2F2N3O7S. The van der Waals surface area contributed by atoms with Crippen LogP contribution in [0.4, 0.5) is 8.78 Å². The van der Waals surface area contributed by atoms with Crippen LogP contribution >= 0.6 is 23.2 Å². The van der Waals surface area contributed by atoms with Gasteiger partial charge in [-0.2, -0.15) is 9.78 Å². The van der Waals surface area contributed by atoms with Crippen LogP contribution in [0.15, 0.2) is 44.8 Å². The Kier molecular flexibility index (Phi) is 6.62. The third-order valence-corrected chi connectivity index (χ3v) is 8.02. The van der Waals surface area contributed by atoms with Crippen molar-refractivity contribution < 1.29 is 32.1 Å². The van der Waals surface area contributed by atoms with E-state index in [1.165, 1.54) is 6.07 Å². The van der Waals surface area contributed by atoms with Crippen molar-refractivity contribution in [3.63, 3.8) is 0 Å². The molecule has 10 nitrogen and oxygen atoms in total. The Balaban J connectivity index is 1.69. The average molecular weight is 550 g/mol. The number of aliphatic hydroxyl groups excluding tert-OH is 1. The highest BCUT2D eigenvalue weighted by Gasteiger charge is 2.40. The number of nitrogens with zero attached hydrogens (tertiary/aromatic N) is 2. The van der Waals surface area contributed by atoms with Gasteiger partial charge in [0.2, 0.25) is 0 Å². The summed E-state index contributed by atoms with van der Waals surface area (Å²) in [6.07, 6.45) is -3.90. The first-order valence-electron chi connectivity index (χ1n) is 9.82. The van der Waals surface area contributed by atoms with Crippen molar-refractivity contribution in [2.45, 2.75) is 35.5 Å². The standard InChI is InChI=1S/C20H15Cl2F2N3O7S/c21-12-3-8(27-20(31)25-19(30)16(26-27)18(23)24)4-13(22)17(12)34-10-1-2-14(29)15(7-10)35(32,33)11-5-9(28)6-11/h1-4,7,9,11,18,28-29H,5-6H2,(H,25,30,31)/t9-,11+. The predicted octanol–water partition coefficient (Wildman–Crippen LogP) is 2.96. The fourth-order valence-corrected chi connectivity index (χ4v) is 5.87. The summed E-state index contributed by atoms with van der Waals surface area (Å²) in [7, 11) is -3.96. The monoisotopic (exact) mass is 549 g/mol. The molecule has 15 heteroatoms. The first-order valence-corrected chi connectivity index (χ1v) is 12.1. The Morgan fingerprint density at radius 2 is 1.77 bits per heavy atom. The van der Waals surface area contributed by atoms with Crippen molar-refractivity contribution in [3.8, 4) is 22.9 Å². The number of aromatic nitrogens is 3. The summed E-state index contributed by atoms with van der Waals surface area (Å²) in [4.78, 5) is 24.9.